The summed E-state index contributed by atoms with van der Waals surface area (Å²) in [5, 5.41) is 12.1. The van der Waals surface area contributed by atoms with Gasteiger partial charge in [-0.05, 0) is 12.1 Å². The molecule has 7 nitrogen and oxygen atoms in total. The maximum atomic E-state index is 11.9. The van der Waals surface area contributed by atoms with Gasteiger partial charge >= 0.3 is 5.97 Å². The van der Waals surface area contributed by atoms with Crippen LogP contribution in [-0.2, 0) is 11.3 Å². The minimum absolute atomic E-state index is 0.0398. The lowest BCUT2D eigenvalue weighted by molar-refractivity contribution is -0.114. The summed E-state index contributed by atoms with van der Waals surface area (Å²) in [5.74, 6) is -2.28. The first-order valence-electron chi connectivity index (χ1n) is 5.72. The molecule has 0 bridgehead atoms. The summed E-state index contributed by atoms with van der Waals surface area (Å²) in [4.78, 5) is 35.6. The highest BCUT2D eigenvalue weighted by molar-refractivity contribution is 6.52. The van der Waals surface area contributed by atoms with Crippen LogP contribution in [0.15, 0.2) is 34.9 Å². The topological polar surface area (TPSA) is 101 Å². The molecular formula is C13H8N2O5. The zero-order valence-corrected chi connectivity index (χ0v) is 10.1. The lowest BCUT2D eigenvalue weighted by Gasteiger charge is -2.13. The van der Waals surface area contributed by atoms with Gasteiger partial charge in [-0.2, -0.15) is 0 Å². The Morgan fingerprint density at radius 2 is 2.05 bits per heavy atom. The number of fused-ring (bicyclic) bond motifs is 1. The van der Waals surface area contributed by atoms with Gasteiger partial charge < -0.3 is 9.63 Å². The molecule has 3 rings (SSSR count). The molecule has 1 aromatic carbocycles. The number of carboxylic acid groups (broad SMARTS) is 1. The van der Waals surface area contributed by atoms with Crippen molar-refractivity contribution >= 4 is 23.3 Å². The Bertz CT molecular complexity index is 734. The minimum Gasteiger partial charge on any atom is -0.476 e. The summed E-state index contributed by atoms with van der Waals surface area (Å²) < 4.78 is 4.85. The third-order valence-corrected chi connectivity index (χ3v) is 2.97. The normalized spacial score (nSPS) is 13.7. The Hall–Kier alpha value is -2.96. The summed E-state index contributed by atoms with van der Waals surface area (Å²) in [6, 6.07) is 7.82. The van der Waals surface area contributed by atoms with Gasteiger partial charge in [-0.25, -0.2) is 4.79 Å². The van der Waals surface area contributed by atoms with E-state index in [1.165, 1.54) is 11.0 Å². The molecule has 0 unspecified atom stereocenters. The molecule has 1 aromatic heterocycles. The van der Waals surface area contributed by atoms with E-state index in [4.69, 9.17) is 9.63 Å². The second-order valence-electron chi connectivity index (χ2n) is 4.22. The number of ketones is 1. The van der Waals surface area contributed by atoms with Crippen molar-refractivity contribution in [3.8, 4) is 0 Å². The summed E-state index contributed by atoms with van der Waals surface area (Å²) in [5.41, 5.74) is 0.567. The van der Waals surface area contributed by atoms with Gasteiger partial charge in [-0.15, -0.1) is 0 Å². The molecular weight excluding hydrogens is 264 g/mol. The van der Waals surface area contributed by atoms with E-state index in [-0.39, 0.29) is 18.0 Å². The van der Waals surface area contributed by atoms with Crippen molar-refractivity contribution in [3.05, 3.63) is 47.3 Å². The molecule has 0 atom stereocenters. The summed E-state index contributed by atoms with van der Waals surface area (Å²) >= 11 is 0. The van der Waals surface area contributed by atoms with Crippen molar-refractivity contribution in [3.63, 3.8) is 0 Å². The smallest absolute Gasteiger partial charge is 0.358 e. The van der Waals surface area contributed by atoms with Crippen LogP contribution in [0.5, 0.6) is 0 Å². The molecule has 2 aromatic rings. The number of aromatic carboxylic acids is 1. The van der Waals surface area contributed by atoms with Crippen molar-refractivity contribution in [2.75, 3.05) is 4.90 Å². The first-order valence-corrected chi connectivity index (χ1v) is 5.72. The number of para-hydroxylation sites is 1. The summed E-state index contributed by atoms with van der Waals surface area (Å²) in [6.45, 7) is -0.0398. The van der Waals surface area contributed by atoms with Crippen molar-refractivity contribution in [1.82, 2.24) is 5.16 Å². The van der Waals surface area contributed by atoms with E-state index in [2.05, 4.69) is 5.16 Å². The number of benzene rings is 1. The van der Waals surface area contributed by atoms with E-state index in [9.17, 15) is 14.4 Å². The van der Waals surface area contributed by atoms with Crippen LogP contribution in [0.2, 0.25) is 0 Å². The highest BCUT2D eigenvalue weighted by Gasteiger charge is 2.36. The quantitative estimate of drug-likeness (QED) is 0.840. The maximum absolute atomic E-state index is 11.9. The molecule has 1 N–H and O–H groups in total. The van der Waals surface area contributed by atoms with Crippen LogP contribution in [0.4, 0.5) is 5.69 Å². The fraction of sp³-hybridized carbons (Fsp3) is 0.0769. The first kappa shape index (κ1) is 12.1. The number of nitrogens with zero attached hydrogens (tertiary/aromatic N) is 2. The van der Waals surface area contributed by atoms with E-state index in [1.54, 1.807) is 24.3 Å². The van der Waals surface area contributed by atoms with E-state index in [0.717, 1.165) is 0 Å². The van der Waals surface area contributed by atoms with Gasteiger partial charge in [0, 0.05) is 6.07 Å². The summed E-state index contributed by atoms with van der Waals surface area (Å²) in [7, 11) is 0. The van der Waals surface area contributed by atoms with Gasteiger partial charge in [0.2, 0.25) is 0 Å². The van der Waals surface area contributed by atoms with Crippen LogP contribution in [-0.4, -0.2) is 27.9 Å². The zero-order chi connectivity index (χ0) is 14.3. The second kappa shape index (κ2) is 4.30. The molecule has 0 fully saturated rings. The van der Waals surface area contributed by atoms with E-state index in [0.29, 0.717) is 11.3 Å². The van der Waals surface area contributed by atoms with Crippen LogP contribution in [0.25, 0.3) is 0 Å². The Kier molecular flexibility index (Phi) is 2.60. The highest BCUT2D eigenvalue weighted by atomic mass is 16.5. The molecule has 2 heterocycles. The van der Waals surface area contributed by atoms with Gasteiger partial charge in [0.15, 0.2) is 11.5 Å². The number of aromatic nitrogens is 1. The van der Waals surface area contributed by atoms with E-state index in [1.807, 2.05) is 0 Å². The molecule has 0 saturated heterocycles. The Balaban J connectivity index is 1.92. The molecule has 1 aliphatic heterocycles. The lowest BCUT2D eigenvalue weighted by atomic mass is 10.1. The molecule has 1 aliphatic rings. The number of carbonyl (C=O) groups is 3. The first-order chi connectivity index (χ1) is 9.58. The SMILES string of the molecule is O=C(O)c1cc(CN2C(=O)C(=O)c3ccccc32)on1. The minimum atomic E-state index is -1.22. The standard InChI is InChI=1S/C13H8N2O5/c16-11-8-3-1-2-4-10(8)15(12(11)17)6-7-5-9(13(18)19)14-20-7/h1-5H,6H2,(H,18,19). The van der Waals surface area contributed by atoms with Gasteiger partial charge in [-0.3, -0.25) is 14.5 Å². The third-order valence-electron chi connectivity index (χ3n) is 2.97. The van der Waals surface area contributed by atoms with Crippen LogP contribution in [0, 0.1) is 0 Å². The number of Topliss-reactive ketones (excluding diaryl/α,β-unsaturated/α-hetero) is 1. The number of anilines is 1. The molecule has 100 valence electrons. The molecule has 0 saturated carbocycles. The van der Waals surface area contributed by atoms with Gasteiger partial charge in [0.1, 0.15) is 0 Å². The Morgan fingerprint density at radius 1 is 1.30 bits per heavy atom. The van der Waals surface area contributed by atoms with Crippen LogP contribution >= 0.6 is 0 Å². The second-order valence-corrected chi connectivity index (χ2v) is 4.22. The van der Waals surface area contributed by atoms with Crippen molar-refractivity contribution < 1.29 is 24.0 Å². The van der Waals surface area contributed by atoms with E-state index >= 15 is 0 Å². The lowest BCUT2D eigenvalue weighted by Crippen LogP contribution is -2.28. The predicted molar refractivity (Wildman–Crippen MR) is 65.4 cm³/mol. The summed E-state index contributed by atoms with van der Waals surface area (Å²) in [6.07, 6.45) is 0. The van der Waals surface area contributed by atoms with Crippen LogP contribution in [0.1, 0.15) is 26.6 Å². The largest absolute Gasteiger partial charge is 0.476 e. The fourth-order valence-corrected chi connectivity index (χ4v) is 2.05. The van der Waals surface area contributed by atoms with Gasteiger partial charge in [0.25, 0.3) is 11.7 Å². The van der Waals surface area contributed by atoms with Crippen molar-refractivity contribution in [2.45, 2.75) is 6.54 Å². The molecule has 1 amide bonds. The van der Waals surface area contributed by atoms with Crippen LogP contribution in [0.3, 0.4) is 0 Å². The number of hydrogen-bond acceptors (Lipinski definition) is 5. The molecule has 7 heteroatoms. The van der Waals surface area contributed by atoms with Gasteiger partial charge in [-0.1, -0.05) is 17.3 Å². The monoisotopic (exact) mass is 272 g/mol. The third kappa shape index (κ3) is 1.76. The average molecular weight is 272 g/mol. The number of carbonyl (C=O) groups excluding carboxylic acids is 2. The van der Waals surface area contributed by atoms with Crippen molar-refractivity contribution in [1.29, 1.82) is 0 Å². The molecule has 0 aliphatic carbocycles. The van der Waals surface area contributed by atoms with Gasteiger partial charge in [0.05, 0.1) is 17.8 Å². The number of carboxylic acids is 1. The van der Waals surface area contributed by atoms with Crippen molar-refractivity contribution in [2.24, 2.45) is 0 Å². The molecule has 20 heavy (non-hydrogen) atoms. The van der Waals surface area contributed by atoms with Crippen LogP contribution < -0.4 is 4.90 Å². The Labute approximate surface area is 112 Å². The predicted octanol–water partition coefficient (Wildman–Crippen LogP) is 1.10. The molecule has 0 radical (unpaired) electrons. The zero-order valence-electron chi connectivity index (χ0n) is 10.1. The maximum Gasteiger partial charge on any atom is 0.358 e. The Morgan fingerprint density at radius 3 is 2.75 bits per heavy atom. The van der Waals surface area contributed by atoms with E-state index < -0.39 is 17.7 Å². The fourth-order valence-electron chi connectivity index (χ4n) is 2.05. The number of hydrogen-bond donors (Lipinski definition) is 1. The number of amides is 1. The molecule has 0 spiro atoms. The average Bonchev–Trinajstić information content (AvgIpc) is 3.00. The number of rotatable bonds is 3. The highest BCUT2D eigenvalue weighted by Crippen LogP contribution is 2.29.